The number of aliphatic hydroxyl groups is 2. The molecule has 0 aliphatic carbocycles. The molecule has 266 valence electrons. The van der Waals surface area contributed by atoms with Crippen LogP contribution in [-0.2, 0) is 0 Å². The fraction of sp³-hybridized carbons (Fsp3) is 1.00. The molecule has 0 aromatic rings. The van der Waals surface area contributed by atoms with Crippen molar-refractivity contribution >= 4 is 0 Å². The minimum atomic E-state index is -9.75. The first-order valence-electron chi connectivity index (χ1n) is 8.99. The molecule has 0 saturated heterocycles. The van der Waals surface area contributed by atoms with E-state index in [1.807, 2.05) is 0 Å². The lowest BCUT2D eigenvalue weighted by Gasteiger charge is -2.47. The maximum atomic E-state index is 13.8. The minimum absolute atomic E-state index is 8.22. The van der Waals surface area contributed by atoms with Crippen LogP contribution in [0.2, 0.25) is 0 Å². The van der Waals surface area contributed by atoms with Gasteiger partial charge in [0.15, 0.2) is 0 Å². The van der Waals surface area contributed by atoms with Crippen molar-refractivity contribution in [2.45, 2.75) is 83.3 Å². The quantitative estimate of drug-likeness (QED) is 0.168. The molecule has 2 N–H and O–H groups in total. The topological polar surface area (TPSA) is 40.5 Å². The molecule has 0 spiro atoms. The van der Waals surface area contributed by atoms with Crippen molar-refractivity contribution in [3.05, 3.63) is 0 Å². The van der Waals surface area contributed by atoms with Gasteiger partial charge in [0.05, 0.1) is 0 Å². The molecule has 0 bridgehead atoms. The van der Waals surface area contributed by atoms with Crippen molar-refractivity contribution in [2.24, 2.45) is 0 Å². The molecule has 0 aromatic heterocycles. The van der Waals surface area contributed by atoms with E-state index in [2.05, 4.69) is 0 Å². The Bertz CT molecular complexity index is 973. The van der Waals surface area contributed by atoms with Gasteiger partial charge in [-0.25, -0.2) is 0 Å². The third kappa shape index (κ3) is 4.59. The number of rotatable bonds is 11. The Morgan fingerprint density at radius 3 is 0.432 bits per heavy atom. The van der Waals surface area contributed by atoms with E-state index in [-0.39, 0.29) is 0 Å². The third-order valence-electron chi connectivity index (χ3n) is 5.14. The fourth-order valence-electron chi connectivity index (χ4n) is 2.37. The van der Waals surface area contributed by atoms with Crippen LogP contribution in [0.4, 0.5) is 123 Å². The van der Waals surface area contributed by atoms with Crippen LogP contribution >= 0.6 is 0 Å². The molecule has 0 aromatic carbocycles. The summed E-state index contributed by atoms with van der Waals surface area (Å²) >= 11 is 0. The highest BCUT2D eigenvalue weighted by atomic mass is 19.4. The van der Waals surface area contributed by atoms with Gasteiger partial charge in [-0.05, 0) is 0 Å². The minimum Gasteiger partial charge on any atom is -0.356 e. The summed E-state index contributed by atoms with van der Waals surface area (Å²) < 4.78 is 365. The molecule has 0 aliphatic heterocycles. The van der Waals surface area contributed by atoms with Gasteiger partial charge in [-0.1, -0.05) is 0 Å². The second-order valence-corrected chi connectivity index (χ2v) is 7.99. The summed E-state index contributed by atoms with van der Waals surface area (Å²) in [6.45, 7) is 0. The molecule has 0 amide bonds. The van der Waals surface area contributed by atoms with E-state index >= 15 is 0 Å². The normalized spacial score (nSPS) is 17.3. The van der Waals surface area contributed by atoms with E-state index in [0.29, 0.717) is 0 Å². The van der Waals surface area contributed by atoms with Crippen molar-refractivity contribution in [3.63, 3.8) is 0 Å². The fourth-order valence-corrected chi connectivity index (χ4v) is 2.37. The first-order valence-corrected chi connectivity index (χ1v) is 8.99. The highest BCUT2D eigenvalue weighted by Gasteiger charge is 3.00. The van der Waals surface area contributed by atoms with Gasteiger partial charge in [-0.15, -0.1) is 0 Å². The number of hydrogen-bond acceptors (Lipinski definition) is 2. The Labute approximate surface area is 218 Å². The Hall–Kier alpha value is -2.04. The summed E-state index contributed by atoms with van der Waals surface area (Å²) in [5.41, 5.74) is 0. The molecule has 0 saturated carbocycles. The SMILES string of the molecule is OC(O)(C(F)(F)C(F)(F)C(F)(F)C(F)(F)C(F)(F)F)C(F)(F)C(F)(F)C(F)(F)C(F)(F)C(F)(F)C(F)(F)C(F)(F)C(F)(F)F. The zero-order valence-electron chi connectivity index (χ0n) is 18.5. The molecule has 30 heteroatoms. The van der Waals surface area contributed by atoms with Gasteiger partial charge in [0, 0.05) is 0 Å². The van der Waals surface area contributed by atoms with Crippen LogP contribution in [0.25, 0.3) is 0 Å². The first kappa shape index (κ1) is 42.0. The van der Waals surface area contributed by atoms with Gasteiger partial charge < -0.3 is 10.2 Å². The van der Waals surface area contributed by atoms with Crippen molar-refractivity contribution in [3.8, 4) is 0 Å². The van der Waals surface area contributed by atoms with Crippen LogP contribution < -0.4 is 0 Å². The van der Waals surface area contributed by atoms with Crippen LogP contribution in [0.3, 0.4) is 0 Å². The van der Waals surface area contributed by atoms with E-state index < -0.39 is 83.3 Å². The average molecular weight is 734 g/mol. The lowest BCUT2D eigenvalue weighted by atomic mass is 9.82. The van der Waals surface area contributed by atoms with Crippen LogP contribution in [0, 0.1) is 0 Å². The third-order valence-corrected chi connectivity index (χ3v) is 5.14. The smallest absolute Gasteiger partial charge is 0.356 e. The van der Waals surface area contributed by atoms with E-state index in [1.54, 1.807) is 0 Å². The summed E-state index contributed by atoms with van der Waals surface area (Å²) in [6, 6.07) is 0. The van der Waals surface area contributed by atoms with Crippen LogP contribution in [0.1, 0.15) is 0 Å². The maximum Gasteiger partial charge on any atom is 0.460 e. The summed E-state index contributed by atoms with van der Waals surface area (Å²) in [4.78, 5) is 0. The molecular weight excluding hydrogens is 732 g/mol. The Kier molecular flexibility index (Phi) is 9.29. The van der Waals surface area contributed by atoms with Crippen molar-refractivity contribution in [2.75, 3.05) is 0 Å². The first-order chi connectivity index (χ1) is 18.2. The van der Waals surface area contributed by atoms with Crippen LogP contribution in [0.5, 0.6) is 0 Å². The molecule has 0 atom stereocenters. The highest BCUT2D eigenvalue weighted by Crippen LogP contribution is 2.67. The molecule has 0 rings (SSSR count). The highest BCUT2D eigenvalue weighted by molar-refractivity contribution is 5.20. The molecule has 0 radical (unpaired) electrons. The summed E-state index contributed by atoms with van der Waals surface area (Å²) in [5, 5.41) is 16.7. The Balaban J connectivity index is 7.52. The van der Waals surface area contributed by atoms with Gasteiger partial charge in [-0.3, -0.25) is 0 Å². The van der Waals surface area contributed by atoms with Gasteiger partial charge in [0.1, 0.15) is 0 Å². The number of hydrogen-bond donors (Lipinski definition) is 2. The number of alkyl halides is 28. The summed E-state index contributed by atoms with van der Waals surface area (Å²) in [6.07, 6.45) is -16.5. The summed E-state index contributed by atoms with van der Waals surface area (Å²) in [5.74, 6) is -112. The largest absolute Gasteiger partial charge is 0.460 e. The molecule has 0 aliphatic rings. The van der Waals surface area contributed by atoms with Crippen molar-refractivity contribution in [1.82, 2.24) is 0 Å². The maximum absolute atomic E-state index is 13.8. The van der Waals surface area contributed by atoms with E-state index in [9.17, 15) is 123 Å². The number of halogens is 28. The van der Waals surface area contributed by atoms with Gasteiger partial charge in [0.25, 0.3) is 0 Å². The van der Waals surface area contributed by atoms with Crippen molar-refractivity contribution in [1.29, 1.82) is 0 Å². The van der Waals surface area contributed by atoms with E-state index in [4.69, 9.17) is 10.2 Å². The second-order valence-electron chi connectivity index (χ2n) is 7.99. The predicted octanol–water partition coefficient (Wildman–Crippen LogP) is 7.78. The molecule has 44 heavy (non-hydrogen) atoms. The average Bonchev–Trinajstić information content (AvgIpc) is 2.75. The zero-order chi connectivity index (χ0) is 37.0. The molecule has 0 fully saturated rings. The van der Waals surface area contributed by atoms with E-state index in [1.165, 1.54) is 0 Å². The molecule has 0 unspecified atom stereocenters. The standard InChI is InChI=1S/C14H2F28O2/c15-1(16,3(19,20)6(25,26)10(33,34)13(37,38)39)2(17,18)4(21,22)8(29,30)12(43,44)9(31,32)5(23,24)7(27,28)11(35,36)14(40,41)42/h43-44H. The van der Waals surface area contributed by atoms with Gasteiger partial charge >= 0.3 is 83.3 Å². The molecule has 0 heterocycles. The van der Waals surface area contributed by atoms with Crippen LogP contribution in [0.15, 0.2) is 0 Å². The van der Waals surface area contributed by atoms with Crippen molar-refractivity contribution < 1.29 is 133 Å². The predicted molar refractivity (Wildman–Crippen MR) is 73.7 cm³/mol. The second kappa shape index (κ2) is 9.74. The van der Waals surface area contributed by atoms with Crippen LogP contribution in [-0.4, -0.2) is 93.5 Å². The zero-order valence-corrected chi connectivity index (χ0v) is 18.5. The monoisotopic (exact) mass is 734 g/mol. The Morgan fingerprint density at radius 1 is 0.182 bits per heavy atom. The summed E-state index contributed by atoms with van der Waals surface area (Å²) in [7, 11) is 0. The molecular formula is C14H2F28O2. The lowest BCUT2D eigenvalue weighted by molar-refractivity contribution is -0.509. The van der Waals surface area contributed by atoms with E-state index in [0.717, 1.165) is 0 Å². The van der Waals surface area contributed by atoms with Gasteiger partial charge in [-0.2, -0.15) is 123 Å². The lowest BCUT2D eigenvalue weighted by Crippen LogP contribution is -2.81. The molecule has 2 nitrogen and oxygen atoms in total. The Morgan fingerprint density at radius 2 is 0.295 bits per heavy atom. The van der Waals surface area contributed by atoms with Gasteiger partial charge in [0.2, 0.25) is 0 Å².